The van der Waals surface area contributed by atoms with E-state index in [-0.39, 0.29) is 18.3 Å². The molecule has 1 aromatic rings. The maximum Gasteiger partial charge on any atom is 0.236 e. The number of hydrogen-bond acceptors (Lipinski definition) is 3. The summed E-state index contributed by atoms with van der Waals surface area (Å²) < 4.78 is 1.04. The lowest BCUT2D eigenvalue weighted by molar-refractivity contribution is -0.131. The molecule has 2 N–H and O–H groups in total. The molecular weight excluding hydrogens is 366 g/mol. The average molecular weight is 391 g/mol. The van der Waals surface area contributed by atoms with E-state index in [2.05, 4.69) is 27.8 Å². The highest BCUT2D eigenvalue weighted by Gasteiger charge is 2.29. The smallest absolute Gasteiger partial charge is 0.236 e. The maximum absolute atomic E-state index is 12.4. The molecule has 22 heavy (non-hydrogen) atoms. The Bertz CT molecular complexity index is 500. The van der Waals surface area contributed by atoms with Crippen molar-refractivity contribution in [1.82, 2.24) is 9.80 Å². The second-order valence-electron chi connectivity index (χ2n) is 5.96. The van der Waals surface area contributed by atoms with Crippen molar-refractivity contribution in [3.8, 4) is 0 Å². The van der Waals surface area contributed by atoms with Crippen molar-refractivity contribution in [3.63, 3.8) is 0 Å². The lowest BCUT2D eigenvalue weighted by Gasteiger charge is -2.24. The van der Waals surface area contributed by atoms with Crippen molar-refractivity contribution in [2.24, 2.45) is 11.7 Å². The molecule has 2 atom stereocenters. The molecule has 1 saturated heterocycles. The van der Waals surface area contributed by atoms with Crippen molar-refractivity contribution in [2.45, 2.75) is 25.9 Å². The van der Waals surface area contributed by atoms with Crippen LogP contribution in [-0.2, 0) is 11.3 Å². The summed E-state index contributed by atoms with van der Waals surface area (Å²) in [6.45, 7) is 4.94. The first kappa shape index (κ1) is 19.4. The molecule has 4 nitrogen and oxygen atoms in total. The van der Waals surface area contributed by atoms with Crippen LogP contribution >= 0.6 is 28.3 Å². The maximum atomic E-state index is 12.4. The summed E-state index contributed by atoms with van der Waals surface area (Å²) in [6, 6.07) is 8.46. The molecule has 1 fully saturated rings. The third-order valence-corrected chi connectivity index (χ3v) is 5.03. The van der Waals surface area contributed by atoms with Crippen LogP contribution in [0.25, 0.3) is 0 Å². The van der Waals surface area contributed by atoms with E-state index in [4.69, 9.17) is 5.73 Å². The van der Waals surface area contributed by atoms with Crippen molar-refractivity contribution >= 4 is 34.2 Å². The van der Waals surface area contributed by atoms with Gasteiger partial charge >= 0.3 is 0 Å². The van der Waals surface area contributed by atoms with Crippen LogP contribution in [0.1, 0.15) is 18.9 Å². The van der Waals surface area contributed by atoms with Crippen LogP contribution in [0.15, 0.2) is 28.7 Å². The molecule has 0 aromatic heterocycles. The number of likely N-dealkylation sites (tertiary alicyclic amines) is 1. The van der Waals surface area contributed by atoms with Crippen molar-refractivity contribution in [3.05, 3.63) is 34.3 Å². The molecule has 0 radical (unpaired) electrons. The quantitative estimate of drug-likeness (QED) is 0.840. The van der Waals surface area contributed by atoms with Gasteiger partial charge in [0, 0.05) is 30.7 Å². The molecule has 6 heteroatoms. The highest BCUT2D eigenvalue weighted by molar-refractivity contribution is 9.10. The second kappa shape index (κ2) is 8.87. The molecule has 1 aliphatic heterocycles. The fourth-order valence-electron chi connectivity index (χ4n) is 2.87. The first-order valence-corrected chi connectivity index (χ1v) is 8.22. The largest absolute Gasteiger partial charge is 0.340 e. The lowest BCUT2D eigenvalue weighted by atomic mass is 10.1. The molecule has 1 aromatic carbocycles. The van der Waals surface area contributed by atoms with Crippen molar-refractivity contribution in [2.75, 3.05) is 26.7 Å². The van der Waals surface area contributed by atoms with Crippen LogP contribution in [0.4, 0.5) is 0 Å². The summed E-state index contributed by atoms with van der Waals surface area (Å²) in [6.07, 6.45) is 1.09. The van der Waals surface area contributed by atoms with E-state index in [0.717, 1.165) is 23.0 Å². The Kier molecular flexibility index (Phi) is 7.83. The van der Waals surface area contributed by atoms with Crippen LogP contribution in [0.3, 0.4) is 0 Å². The van der Waals surface area contributed by atoms with Gasteiger partial charge in [-0.1, -0.05) is 34.1 Å². The normalized spacial score (nSPS) is 21.5. The highest BCUT2D eigenvalue weighted by Crippen LogP contribution is 2.22. The van der Waals surface area contributed by atoms with Gasteiger partial charge in [-0.2, -0.15) is 0 Å². The number of rotatable bonds is 5. The molecule has 2 rings (SSSR count). The summed E-state index contributed by atoms with van der Waals surface area (Å²) in [4.78, 5) is 16.4. The molecule has 1 heterocycles. The minimum atomic E-state index is 0. The fraction of sp³-hybridized carbons (Fsp3) is 0.562. The van der Waals surface area contributed by atoms with Gasteiger partial charge in [0.05, 0.1) is 6.54 Å². The Balaban J connectivity index is 0.00000242. The van der Waals surface area contributed by atoms with Crippen molar-refractivity contribution in [1.29, 1.82) is 0 Å². The Hall–Kier alpha value is -0.620. The van der Waals surface area contributed by atoms with E-state index in [1.165, 1.54) is 0 Å². The molecule has 1 amide bonds. The molecule has 0 spiro atoms. The number of carbonyl (C=O) groups excluding carboxylic acids is 1. The Morgan fingerprint density at radius 1 is 1.45 bits per heavy atom. The average Bonchev–Trinajstić information content (AvgIpc) is 2.82. The predicted octanol–water partition coefficient (Wildman–Crippen LogP) is 2.50. The number of halogens is 2. The van der Waals surface area contributed by atoms with Gasteiger partial charge in [0.2, 0.25) is 5.91 Å². The van der Waals surface area contributed by atoms with E-state index in [9.17, 15) is 4.79 Å². The standard InChI is InChI=1S/C16H24BrN3O.ClH/c1-12-7-13(8-18)9-20(12)11-16(21)19(2)10-14-5-3-4-6-15(14)17;/h3-6,12-13H,7-11,18H2,1-2H3;1H. The van der Waals surface area contributed by atoms with E-state index in [1.54, 1.807) is 4.90 Å². The molecule has 1 aliphatic rings. The summed E-state index contributed by atoms with van der Waals surface area (Å²) >= 11 is 3.53. The third kappa shape index (κ3) is 4.95. The molecule has 0 bridgehead atoms. The van der Waals surface area contributed by atoms with Crippen LogP contribution in [-0.4, -0.2) is 48.4 Å². The number of nitrogens with zero attached hydrogens (tertiary/aromatic N) is 2. The van der Waals surface area contributed by atoms with Crippen LogP contribution in [0.5, 0.6) is 0 Å². The second-order valence-corrected chi connectivity index (χ2v) is 6.81. The highest BCUT2D eigenvalue weighted by atomic mass is 79.9. The van der Waals surface area contributed by atoms with Gasteiger partial charge < -0.3 is 10.6 Å². The van der Waals surface area contributed by atoms with Gasteiger partial charge in [0.1, 0.15) is 0 Å². The minimum absolute atomic E-state index is 0. The van der Waals surface area contributed by atoms with E-state index < -0.39 is 0 Å². The minimum Gasteiger partial charge on any atom is -0.340 e. The summed E-state index contributed by atoms with van der Waals surface area (Å²) in [5.41, 5.74) is 6.87. The summed E-state index contributed by atoms with van der Waals surface area (Å²) in [5, 5.41) is 0. The first-order chi connectivity index (χ1) is 10.0. The van der Waals surface area contributed by atoms with Gasteiger partial charge in [-0.15, -0.1) is 12.4 Å². The Labute approximate surface area is 147 Å². The summed E-state index contributed by atoms with van der Waals surface area (Å²) in [7, 11) is 1.86. The molecule has 0 saturated carbocycles. The Morgan fingerprint density at radius 3 is 2.73 bits per heavy atom. The summed E-state index contributed by atoms with van der Waals surface area (Å²) in [5.74, 6) is 0.691. The number of amides is 1. The monoisotopic (exact) mass is 389 g/mol. The zero-order valence-electron chi connectivity index (χ0n) is 13.2. The fourth-order valence-corrected chi connectivity index (χ4v) is 3.28. The van der Waals surface area contributed by atoms with Gasteiger partial charge in [0.25, 0.3) is 0 Å². The van der Waals surface area contributed by atoms with Crippen LogP contribution < -0.4 is 5.73 Å². The third-order valence-electron chi connectivity index (χ3n) is 4.25. The zero-order valence-corrected chi connectivity index (χ0v) is 15.6. The van der Waals surface area contributed by atoms with Gasteiger partial charge in [-0.3, -0.25) is 9.69 Å². The first-order valence-electron chi connectivity index (χ1n) is 7.42. The molecule has 2 unspecified atom stereocenters. The molecular formula is C16H25BrClN3O. The SMILES string of the molecule is CC1CC(CN)CN1CC(=O)N(C)Cc1ccccc1Br.Cl. The molecule has 124 valence electrons. The van der Waals surface area contributed by atoms with Gasteiger partial charge in [-0.25, -0.2) is 0 Å². The zero-order chi connectivity index (χ0) is 15.4. The van der Waals surface area contributed by atoms with E-state index in [0.29, 0.717) is 31.6 Å². The van der Waals surface area contributed by atoms with E-state index in [1.807, 2.05) is 31.3 Å². The molecule has 0 aliphatic carbocycles. The number of hydrogen-bond donors (Lipinski definition) is 1. The number of benzene rings is 1. The van der Waals surface area contributed by atoms with Crippen molar-refractivity contribution < 1.29 is 4.79 Å². The predicted molar refractivity (Wildman–Crippen MR) is 96.1 cm³/mol. The van der Waals surface area contributed by atoms with Crippen LogP contribution in [0, 0.1) is 5.92 Å². The number of nitrogens with two attached hydrogens (primary N) is 1. The number of carbonyl (C=O) groups is 1. The van der Waals surface area contributed by atoms with Crippen LogP contribution in [0.2, 0.25) is 0 Å². The topological polar surface area (TPSA) is 49.6 Å². The number of likely N-dealkylation sites (N-methyl/N-ethyl adjacent to an activating group) is 1. The lowest BCUT2D eigenvalue weighted by Crippen LogP contribution is -2.39. The van der Waals surface area contributed by atoms with E-state index >= 15 is 0 Å². The Morgan fingerprint density at radius 2 is 2.14 bits per heavy atom. The van der Waals surface area contributed by atoms with Gasteiger partial charge in [0.15, 0.2) is 0 Å². The van der Waals surface area contributed by atoms with Gasteiger partial charge in [-0.05, 0) is 37.4 Å².